The van der Waals surface area contributed by atoms with Gasteiger partial charge in [0.1, 0.15) is 13.2 Å². The van der Waals surface area contributed by atoms with Crippen LogP contribution in [0.25, 0.3) is 0 Å². The minimum absolute atomic E-state index is 0.0188. The lowest BCUT2D eigenvalue weighted by Crippen LogP contribution is -2.32. The topological polar surface area (TPSA) is 64.6 Å². The monoisotopic (exact) mass is 351 g/mol. The number of sulfonamides is 1. The van der Waals surface area contributed by atoms with E-state index in [-0.39, 0.29) is 10.3 Å². The van der Waals surface area contributed by atoms with Crippen LogP contribution in [0.3, 0.4) is 0 Å². The summed E-state index contributed by atoms with van der Waals surface area (Å²) in [5, 5.41) is 2.03. The molecule has 0 saturated heterocycles. The molecule has 23 heavy (non-hydrogen) atoms. The maximum atomic E-state index is 12.6. The quantitative estimate of drug-likeness (QED) is 0.899. The number of nitrogens with one attached hydrogen (secondary N) is 1. The molecule has 1 aliphatic heterocycles. The van der Waals surface area contributed by atoms with E-state index in [9.17, 15) is 8.42 Å². The first-order valence-electron chi connectivity index (χ1n) is 7.52. The van der Waals surface area contributed by atoms with Crippen LogP contribution in [-0.2, 0) is 15.4 Å². The Morgan fingerprint density at radius 2 is 1.91 bits per heavy atom. The van der Waals surface area contributed by atoms with Gasteiger partial charge in [0.2, 0.25) is 10.0 Å². The smallest absolute Gasteiger partial charge is 0.240 e. The van der Waals surface area contributed by atoms with E-state index in [0.29, 0.717) is 31.3 Å². The SMILES string of the molecule is O=S(=O)(NCC1(c2cccs2)CC1)c1ccc2c(c1)OCCO2. The summed E-state index contributed by atoms with van der Waals surface area (Å²) in [6.07, 6.45) is 2.05. The van der Waals surface area contributed by atoms with E-state index in [1.54, 1.807) is 23.5 Å². The molecular formula is C16H17NO4S2. The first-order valence-corrected chi connectivity index (χ1v) is 9.89. The van der Waals surface area contributed by atoms with Crippen molar-refractivity contribution < 1.29 is 17.9 Å². The molecule has 1 saturated carbocycles. The van der Waals surface area contributed by atoms with Gasteiger partial charge in [-0.3, -0.25) is 0 Å². The third kappa shape index (κ3) is 2.84. The van der Waals surface area contributed by atoms with E-state index < -0.39 is 10.0 Å². The van der Waals surface area contributed by atoms with Gasteiger partial charge in [-0.15, -0.1) is 11.3 Å². The molecule has 1 N–H and O–H groups in total. The standard InChI is InChI=1S/C16H17NO4S2/c18-23(19,12-3-4-13-14(10-12)21-8-7-20-13)17-11-16(5-6-16)15-2-1-9-22-15/h1-4,9-10,17H,5-8,11H2. The van der Waals surface area contributed by atoms with Crippen LogP contribution in [0.5, 0.6) is 11.5 Å². The number of fused-ring (bicyclic) bond motifs is 1. The largest absolute Gasteiger partial charge is 0.486 e. The summed E-state index contributed by atoms with van der Waals surface area (Å²) in [5.74, 6) is 1.07. The molecule has 0 bridgehead atoms. The predicted octanol–water partition coefficient (Wildman–Crippen LogP) is 2.53. The van der Waals surface area contributed by atoms with Gasteiger partial charge < -0.3 is 9.47 Å². The van der Waals surface area contributed by atoms with E-state index in [2.05, 4.69) is 10.8 Å². The molecule has 1 aromatic carbocycles. The van der Waals surface area contributed by atoms with Crippen LogP contribution in [0, 0.1) is 0 Å². The maximum absolute atomic E-state index is 12.6. The lowest BCUT2D eigenvalue weighted by molar-refractivity contribution is 0.171. The number of thiophene rings is 1. The Bertz CT molecular complexity index is 811. The van der Waals surface area contributed by atoms with Crippen molar-refractivity contribution in [2.24, 2.45) is 0 Å². The molecule has 1 aromatic heterocycles. The van der Waals surface area contributed by atoms with Gasteiger partial charge >= 0.3 is 0 Å². The highest BCUT2D eigenvalue weighted by atomic mass is 32.2. The predicted molar refractivity (Wildman–Crippen MR) is 87.9 cm³/mol. The molecule has 2 aliphatic rings. The van der Waals surface area contributed by atoms with Crippen molar-refractivity contribution >= 4 is 21.4 Å². The minimum atomic E-state index is -3.56. The van der Waals surface area contributed by atoms with Crippen molar-refractivity contribution in [3.05, 3.63) is 40.6 Å². The molecule has 2 heterocycles. The van der Waals surface area contributed by atoms with Crippen molar-refractivity contribution in [3.63, 3.8) is 0 Å². The maximum Gasteiger partial charge on any atom is 0.240 e. The van der Waals surface area contributed by atoms with Gasteiger partial charge in [-0.1, -0.05) is 6.07 Å². The van der Waals surface area contributed by atoms with Gasteiger partial charge in [-0.05, 0) is 36.4 Å². The number of rotatable bonds is 5. The Balaban J connectivity index is 1.52. The molecule has 1 fully saturated rings. The van der Waals surface area contributed by atoms with E-state index >= 15 is 0 Å². The Hall–Kier alpha value is -1.57. The molecule has 0 atom stereocenters. The molecule has 7 heteroatoms. The minimum Gasteiger partial charge on any atom is -0.486 e. The first kappa shape index (κ1) is 15.0. The fraction of sp³-hybridized carbons (Fsp3) is 0.375. The number of benzene rings is 1. The Morgan fingerprint density at radius 3 is 2.61 bits per heavy atom. The van der Waals surface area contributed by atoms with Gasteiger partial charge in [-0.2, -0.15) is 0 Å². The second-order valence-corrected chi connectivity index (χ2v) is 8.60. The average molecular weight is 351 g/mol. The Kier molecular flexibility index (Phi) is 3.59. The lowest BCUT2D eigenvalue weighted by Gasteiger charge is -2.19. The fourth-order valence-corrected chi connectivity index (χ4v) is 4.88. The molecule has 4 rings (SSSR count). The zero-order valence-electron chi connectivity index (χ0n) is 12.4. The zero-order valence-corrected chi connectivity index (χ0v) is 14.1. The average Bonchev–Trinajstić information content (AvgIpc) is 3.16. The van der Waals surface area contributed by atoms with E-state index in [4.69, 9.17) is 9.47 Å². The van der Waals surface area contributed by atoms with Crippen LogP contribution in [0.1, 0.15) is 17.7 Å². The van der Waals surface area contributed by atoms with Crippen LogP contribution >= 0.6 is 11.3 Å². The summed E-state index contributed by atoms with van der Waals surface area (Å²) < 4.78 is 38.8. The van der Waals surface area contributed by atoms with Gasteiger partial charge in [0, 0.05) is 22.9 Å². The highest BCUT2D eigenvalue weighted by Gasteiger charge is 2.45. The van der Waals surface area contributed by atoms with Gasteiger partial charge in [-0.25, -0.2) is 13.1 Å². The van der Waals surface area contributed by atoms with Gasteiger partial charge in [0.25, 0.3) is 0 Å². The molecule has 122 valence electrons. The summed E-state index contributed by atoms with van der Waals surface area (Å²) in [6.45, 7) is 1.36. The number of hydrogen-bond acceptors (Lipinski definition) is 5. The van der Waals surface area contributed by atoms with Gasteiger partial charge in [0.15, 0.2) is 11.5 Å². The van der Waals surface area contributed by atoms with E-state index in [1.807, 2.05) is 11.4 Å². The second-order valence-electron chi connectivity index (χ2n) is 5.89. The van der Waals surface area contributed by atoms with Crippen molar-refractivity contribution in [2.75, 3.05) is 19.8 Å². The third-order valence-electron chi connectivity index (χ3n) is 4.32. The van der Waals surface area contributed by atoms with Crippen LogP contribution < -0.4 is 14.2 Å². The summed E-state index contributed by atoms with van der Waals surface area (Å²) >= 11 is 1.69. The zero-order chi connectivity index (χ0) is 15.9. The van der Waals surface area contributed by atoms with Crippen molar-refractivity contribution in [1.29, 1.82) is 0 Å². The highest BCUT2D eigenvalue weighted by Crippen LogP contribution is 2.49. The summed E-state index contributed by atoms with van der Waals surface area (Å²) in [4.78, 5) is 1.46. The fourth-order valence-electron chi connectivity index (χ4n) is 2.75. The number of hydrogen-bond donors (Lipinski definition) is 1. The van der Waals surface area contributed by atoms with Crippen molar-refractivity contribution in [2.45, 2.75) is 23.2 Å². The molecule has 0 amide bonds. The summed E-state index contributed by atoms with van der Waals surface area (Å²) in [7, 11) is -3.56. The Morgan fingerprint density at radius 1 is 1.13 bits per heavy atom. The summed E-state index contributed by atoms with van der Waals surface area (Å²) in [5.41, 5.74) is -0.0188. The molecule has 2 aromatic rings. The van der Waals surface area contributed by atoms with Crippen molar-refractivity contribution in [1.82, 2.24) is 4.72 Å². The molecule has 1 aliphatic carbocycles. The molecule has 5 nitrogen and oxygen atoms in total. The molecular weight excluding hydrogens is 334 g/mol. The normalized spacial score (nSPS) is 18.6. The molecule has 0 unspecified atom stereocenters. The van der Waals surface area contributed by atoms with Crippen LogP contribution in [-0.4, -0.2) is 28.2 Å². The van der Waals surface area contributed by atoms with E-state index in [0.717, 1.165) is 12.8 Å². The van der Waals surface area contributed by atoms with Crippen LogP contribution in [0.4, 0.5) is 0 Å². The second kappa shape index (κ2) is 5.51. The molecule has 0 radical (unpaired) electrons. The van der Waals surface area contributed by atoms with Gasteiger partial charge in [0.05, 0.1) is 4.90 Å². The highest BCUT2D eigenvalue weighted by molar-refractivity contribution is 7.89. The molecule has 0 spiro atoms. The van der Waals surface area contributed by atoms with Crippen LogP contribution in [0.15, 0.2) is 40.6 Å². The van der Waals surface area contributed by atoms with Crippen LogP contribution in [0.2, 0.25) is 0 Å². The summed E-state index contributed by atoms with van der Waals surface area (Å²) in [6, 6.07) is 8.82. The lowest BCUT2D eigenvalue weighted by atomic mass is 10.1. The third-order valence-corrected chi connectivity index (χ3v) is 6.84. The van der Waals surface area contributed by atoms with E-state index in [1.165, 1.54) is 10.9 Å². The van der Waals surface area contributed by atoms with Crippen molar-refractivity contribution in [3.8, 4) is 11.5 Å². The number of ether oxygens (including phenoxy) is 2. The first-order chi connectivity index (χ1) is 11.1. The Labute approximate surface area is 139 Å².